The number of aromatic amines is 1. The highest BCUT2D eigenvalue weighted by Crippen LogP contribution is 2.29. The Morgan fingerprint density at radius 1 is 1.31 bits per heavy atom. The van der Waals surface area contributed by atoms with Gasteiger partial charge >= 0.3 is 0 Å². The van der Waals surface area contributed by atoms with Crippen LogP contribution in [0.4, 0.5) is 11.8 Å². The number of nitrogens with zero attached hydrogens (tertiary/aromatic N) is 4. The van der Waals surface area contributed by atoms with Crippen molar-refractivity contribution in [2.45, 2.75) is 58.5 Å². The molecule has 0 saturated carbocycles. The van der Waals surface area contributed by atoms with E-state index in [1.54, 1.807) is 18.5 Å². The first-order chi connectivity index (χ1) is 16.8. The Labute approximate surface area is 206 Å². The maximum atomic E-state index is 12.2. The second kappa shape index (κ2) is 11.9. The molecule has 35 heavy (non-hydrogen) atoms. The molecule has 0 spiro atoms. The lowest BCUT2D eigenvalue weighted by Gasteiger charge is -2.29. The first kappa shape index (κ1) is 26.3. The smallest absolute Gasteiger partial charge is 0.248 e. The number of unbranched alkanes of at least 4 members (excludes halogenated alkanes) is 1. The minimum atomic E-state index is -0.557. The number of aliphatic hydroxyl groups is 1. The topological polar surface area (TPSA) is 133 Å². The Balaban J connectivity index is 2.02. The summed E-state index contributed by atoms with van der Waals surface area (Å²) in [7, 11) is 0. The van der Waals surface area contributed by atoms with Crippen LogP contribution in [0, 0.1) is 0 Å². The lowest BCUT2D eigenvalue weighted by Crippen LogP contribution is -2.39. The molecule has 0 radical (unpaired) electrons. The normalized spacial score (nSPS) is 13.2. The first-order valence-corrected chi connectivity index (χ1v) is 12.2. The summed E-state index contributed by atoms with van der Waals surface area (Å²) < 4.78 is 0. The summed E-state index contributed by atoms with van der Waals surface area (Å²) in [6.45, 7) is 12.4. The van der Waals surface area contributed by atoms with Gasteiger partial charge in [0, 0.05) is 37.1 Å². The van der Waals surface area contributed by atoms with E-state index in [1.165, 1.54) is 0 Å². The van der Waals surface area contributed by atoms with Gasteiger partial charge in [0.2, 0.25) is 11.5 Å². The van der Waals surface area contributed by atoms with Gasteiger partial charge in [-0.25, -0.2) is 4.98 Å². The Morgan fingerprint density at radius 3 is 2.80 bits per heavy atom. The van der Waals surface area contributed by atoms with Gasteiger partial charge in [-0.1, -0.05) is 32.8 Å². The fraction of sp³-hybridized carbons (Fsp3) is 0.462. The molecule has 188 valence electrons. The van der Waals surface area contributed by atoms with Crippen LogP contribution >= 0.6 is 0 Å². The molecule has 5 N–H and O–H groups in total. The summed E-state index contributed by atoms with van der Waals surface area (Å²) in [5, 5.41) is 13.4. The molecule has 0 fully saturated rings. The van der Waals surface area contributed by atoms with Crippen molar-refractivity contribution in [3.63, 3.8) is 0 Å². The van der Waals surface area contributed by atoms with E-state index in [2.05, 4.69) is 50.6 Å². The third kappa shape index (κ3) is 6.64. The number of nitrogen functional groups attached to an aromatic ring is 1. The molecule has 3 heterocycles. The van der Waals surface area contributed by atoms with Crippen LogP contribution in [-0.4, -0.2) is 55.2 Å². The van der Waals surface area contributed by atoms with Gasteiger partial charge in [0.25, 0.3) is 0 Å². The lowest BCUT2D eigenvalue weighted by molar-refractivity contribution is 0.212. The highest BCUT2D eigenvalue weighted by molar-refractivity contribution is 5.89. The van der Waals surface area contributed by atoms with Gasteiger partial charge in [-0.15, -0.1) is 6.58 Å². The van der Waals surface area contributed by atoms with Gasteiger partial charge in [-0.3, -0.25) is 14.7 Å². The number of anilines is 2. The van der Waals surface area contributed by atoms with Crippen LogP contribution in [0.5, 0.6) is 0 Å². The van der Waals surface area contributed by atoms with Crippen molar-refractivity contribution in [1.29, 1.82) is 0 Å². The highest BCUT2D eigenvalue weighted by Gasteiger charge is 2.25. The first-order valence-electron chi connectivity index (χ1n) is 12.2. The average molecular weight is 480 g/mol. The van der Waals surface area contributed by atoms with Crippen molar-refractivity contribution in [2.24, 2.45) is 0 Å². The van der Waals surface area contributed by atoms with Crippen molar-refractivity contribution in [2.75, 3.05) is 30.7 Å². The maximum Gasteiger partial charge on any atom is 0.248 e. The summed E-state index contributed by atoms with van der Waals surface area (Å²) in [6, 6.07) is 3.48. The van der Waals surface area contributed by atoms with Crippen LogP contribution in [-0.2, 0) is 6.54 Å². The van der Waals surface area contributed by atoms with Crippen LogP contribution in [0.2, 0.25) is 0 Å². The zero-order valence-corrected chi connectivity index (χ0v) is 21.0. The molecule has 0 bridgehead atoms. The van der Waals surface area contributed by atoms with Crippen molar-refractivity contribution in [3.05, 3.63) is 53.1 Å². The van der Waals surface area contributed by atoms with E-state index in [4.69, 9.17) is 5.73 Å². The number of nitrogens with one attached hydrogen (secondary N) is 2. The SMILES string of the molecule is C=CCCN(CC)Cc1c[nH]c(=O)cc1-c1cnc2c(N[C@@](C)(CO)CCCC)nc(N)nc2c1. The molecule has 3 rings (SSSR count). The molecule has 3 aromatic heterocycles. The summed E-state index contributed by atoms with van der Waals surface area (Å²) in [5.74, 6) is 0.599. The number of aliphatic hydroxyl groups excluding tert-OH is 1. The molecule has 0 unspecified atom stereocenters. The third-order valence-electron chi connectivity index (χ3n) is 6.22. The Bertz CT molecular complexity index is 1210. The highest BCUT2D eigenvalue weighted by atomic mass is 16.3. The number of nitrogens with two attached hydrogens (primary N) is 1. The minimum Gasteiger partial charge on any atom is -0.394 e. The molecule has 0 aromatic carbocycles. The van der Waals surface area contributed by atoms with Crippen LogP contribution in [0.3, 0.4) is 0 Å². The van der Waals surface area contributed by atoms with Crippen molar-refractivity contribution >= 4 is 22.8 Å². The Hall–Kier alpha value is -3.30. The number of H-pyrrole nitrogens is 1. The summed E-state index contributed by atoms with van der Waals surface area (Å²) in [5.41, 5.74) is 8.99. The third-order valence-corrected chi connectivity index (χ3v) is 6.22. The van der Waals surface area contributed by atoms with E-state index in [0.29, 0.717) is 23.4 Å². The molecule has 0 aliphatic heterocycles. The fourth-order valence-corrected chi connectivity index (χ4v) is 4.07. The molecule has 0 saturated heterocycles. The van der Waals surface area contributed by atoms with Gasteiger partial charge in [0.1, 0.15) is 5.52 Å². The van der Waals surface area contributed by atoms with E-state index in [0.717, 1.165) is 55.5 Å². The van der Waals surface area contributed by atoms with Crippen LogP contribution in [0.25, 0.3) is 22.2 Å². The van der Waals surface area contributed by atoms with Crippen LogP contribution in [0.1, 0.15) is 52.0 Å². The number of fused-ring (bicyclic) bond motifs is 1. The van der Waals surface area contributed by atoms with Crippen molar-refractivity contribution < 1.29 is 5.11 Å². The minimum absolute atomic E-state index is 0.0492. The second-order valence-electron chi connectivity index (χ2n) is 9.15. The lowest BCUT2D eigenvalue weighted by atomic mass is 9.96. The molecule has 9 heteroatoms. The monoisotopic (exact) mass is 479 g/mol. The summed E-state index contributed by atoms with van der Waals surface area (Å²) in [4.78, 5) is 30.7. The predicted molar refractivity (Wildman–Crippen MR) is 142 cm³/mol. The molecule has 9 nitrogen and oxygen atoms in total. The number of hydrogen-bond acceptors (Lipinski definition) is 8. The maximum absolute atomic E-state index is 12.2. The van der Waals surface area contributed by atoms with E-state index >= 15 is 0 Å². The van der Waals surface area contributed by atoms with Gasteiger partial charge in [-0.2, -0.15) is 4.98 Å². The van der Waals surface area contributed by atoms with Gasteiger partial charge in [-0.05, 0) is 43.5 Å². The quantitative estimate of drug-likeness (QED) is 0.273. The molecule has 1 atom stereocenters. The number of rotatable bonds is 13. The zero-order chi connectivity index (χ0) is 25.4. The molecule has 3 aromatic rings. The van der Waals surface area contributed by atoms with Crippen LogP contribution in [0.15, 0.2) is 42.0 Å². The average Bonchev–Trinajstić information content (AvgIpc) is 2.85. The largest absolute Gasteiger partial charge is 0.394 e. The van der Waals surface area contributed by atoms with Gasteiger partial charge in [0.05, 0.1) is 17.7 Å². The van der Waals surface area contributed by atoms with E-state index in [-0.39, 0.29) is 18.1 Å². The predicted octanol–water partition coefficient (Wildman–Crippen LogP) is 3.71. The fourth-order valence-electron chi connectivity index (χ4n) is 4.07. The molecular weight excluding hydrogens is 442 g/mol. The second-order valence-corrected chi connectivity index (χ2v) is 9.15. The van der Waals surface area contributed by atoms with Gasteiger partial charge < -0.3 is 21.1 Å². The van der Waals surface area contributed by atoms with Crippen molar-refractivity contribution in [1.82, 2.24) is 24.8 Å². The molecular formula is C26H37N7O2. The standard InChI is InChI=1S/C26H37N7O2/c1-5-8-10-26(4,17-34)32-24-23-21(30-25(27)31-24)12-18(14-29-23)20-13-22(35)28-15-19(20)16-33(7-3)11-9-6-2/h6,12-15,34H,2,5,7-11,16-17H2,1,3-4H3,(H,28,35)(H3,27,30,31,32)/t26-/m1/s1. The molecule has 0 amide bonds. The number of pyridine rings is 2. The van der Waals surface area contributed by atoms with Crippen molar-refractivity contribution in [3.8, 4) is 11.1 Å². The Morgan fingerprint density at radius 2 is 2.11 bits per heavy atom. The van der Waals surface area contributed by atoms with E-state index in [9.17, 15) is 9.90 Å². The summed E-state index contributed by atoms with van der Waals surface area (Å²) in [6.07, 6.45) is 9.05. The molecule has 0 aliphatic rings. The molecule has 0 aliphatic carbocycles. The van der Waals surface area contributed by atoms with Crippen LogP contribution < -0.4 is 16.6 Å². The van der Waals surface area contributed by atoms with E-state index < -0.39 is 5.54 Å². The number of hydrogen-bond donors (Lipinski definition) is 4. The summed E-state index contributed by atoms with van der Waals surface area (Å²) >= 11 is 0. The van der Waals surface area contributed by atoms with E-state index in [1.807, 2.05) is 19.1 Å². The Kier molecular flexibility index (Phi) is 8.95. The zero-order valence-electron chi connectivity index (χ0n) is 21.0. The van der Waals surface area contributed by atoms with Gasteiger partial charge in [0.15, 0.2) is 5.82 Å². The number of aromatic nitrogens is 4.